The van der Waals surface area contributed by atoms with Gasteiger partial charge in [-0.2, -0.15) is 0 Å². The summed E-state index contributed by atoms with van der Waals surface area (Å²) in [6, 6.07) is 40.2. The number of amides is 1. The van der Waals surface area contributed by atoms with E-state index in [0.29, 0.717) is 31.8 Å². The minimum Gasteiger partial charge on any atom is -0.349 e. The van der Waals surface area contributed by atoms with Crippen molar-refractivity contribution in [1.29, 1.82) is 0 Å². The Morgan fingerprint density at radius 3 is 1.65 bits per heavy atom. The van der Waals surface area contributed by atoms with E-state index >= 15 is 0 Å². The second kappa shape index (κ2) is 12.1. The number of hydrogen-bond donors (Lipinski definition) is 1. The molecule has 5 aromatic rings. The van der Waals surface area contributed by atoms with E-state index in [2.05, 4.69) is 86.4 Å². The third-order valence-corrected chi connectivity index (χ3v) is 7.51. The lowest BCUT2D eigenvalue weighted by molar-refractivity contribution is -0.125. The topological polar surface area (TPSA) is 75.9 Å². The Balaban J connectivity index is 1.44. The molecule has 2 unspecified atom stereocenters. The number of carbonyl (C=O) groups is 1. The van der Waals surface area contributed by atoms with Crippen LogP contribution in [0.25, 0.3) is 0 Å². The Hall–Kier alpha value is -4.62. The second-order valence-electron chi connectivity index (χ2n) is 10.3. The average Bonchev–Trinajstić information content (AvgIpc) is 3.43. The first-order chi connectivity index (χ1) is 19.7. The summed E-state index contributed by atoms with van der Waals surface area (Å²) in [5, 5.41) is 16.5. The standard InChI is InChI=1S/C33H32N6O/c40-33-30(22-26-15-7-2-8-16-26)39-32(35-36-37-39)31(29(34-33)21-25-13-5-1-6-14-25)38(23-27-17-9-3-10-18-27)24-28-19-11-4-12-20-28/h1-20,29-31H,21-24H2,(H,34,40)/t29-,30?,31?/m0/s1. The highest BCUT2D eigenvalue weighted by molar-refractivity contribution is 5.81. The maximum absolute atomic E-state index is 13.9. The molecule has 40 heavy (non-hydrogen) atoms. The third kappa shape index (κ3) is 5.84. The van der Waals surface area contributed by atoms with E-state index in [1.54, 1.807) is 4.68 Å². The number of tetrazole rings is 1. The first-order valence-corrected chi connectivity index (χ1v) is 13.7. The van der Waals surface area contributed by atoms with Crippen LogP contribution < -0.4 is 5.32 Å². The number of fused-ring (bicyclic) bond motifs is 1. The Bertz CT molecular complexity index is 1470. The van der Waals surface area contributed by atoms with E-state index in [-0.39, 0.29) is 18.0 Å². The zero-order chi connectivity index (χ0) is 27.1. The van der Waals surface area contributed by atoms with Gasteiger partial charge in [-0.05, 0) is 39.1 Å². The monoisotopic (exact) mass is 528 g/mol. The van der Waals surface area contributed by atoms with Crippen LogP contribution in [0.3, 0.4) is 0 Å². The van der Waals surface area contributed by atoms with Gasteiger partial charge in [0.05, 0.1) is 12.1 Å². The normalized spacial score (nSPS) is 18.6. The summed E-state index contributed by atoms with van der Waals surface area (Å²) in [6.45, 7) is 1.36. The van der Waals surface area contributed by atoms with Crippen molar-refractivity contribution < 1.29 is 4.79 Å². The van der Waals surface area contributed by atoms with E-state index in [1.165, 1.54) is 11.1 Å². The maximum Gasteiger partial charge on any atom is 0.245 e. The molecule has 1 aromatic heterocycles. The van der Waals surface area contributed by atoms with Crippen LogP contribution >= 0.6 is 0 Å². The molecule has 2 heterocycles. The molecule has 0 saturated carbocycles. The number of nitrogens with zero attached hydrogens (tertiary/aromatic N) is 5. The summed E-state index contributed by atoms with van der Waals surface area (Å²) in [4.78, 5) is 16.3. The number of benzene rings is 4. The second-order valence-corrected chi connectivity index (χ2v) is 10.3. The fourth-order valence-corrected chi connectivity index (χ4v) is 5.62. The van der Waals surface area contributed by atoms with Crippen LogP contribution in [0, 0.1) is 0 Å². The van der Waals surface area contributed by atoms with E-state index < -0.39 is 6.04 Å². The van der Waals surface area contributed by atoms with Gasteiger partial charge in [-0.1, -0.05) is 121 Å². The molecule has 0 spiro atoms. The lowest BCUT2D eigenvalue weighted by Crippen LogP contribution is -2.46. The summed E-state index contributed by atoms with van der Waals surface area (Å²) >= 11 is 0. The van der Waals surface area contributed by atoms with Gasteiger partial charge in [0.15, 0.2) is 5.82 Å². The van der Waals surface area contributed by atoms with Gasteiger partial charge < -0.3 is 5.32 Å². The molecule has 0 fully saturated rings. The summed E-state index contributed by atoms with van der Waals surface area (Å²) < 4.78 is 1.75. The van der Waals surface area contributed by atoms with Gasteiger partial charge in [-0.15, -0.1) is 5.10 Å². The highest BCUT2D eigenvalue weighted by atomic mass is 16.2. The van der Waals surface area contributed by atoms with Gasteiger partial charge in [0.2, 0.25) is 5.91 Å². The minimum atomic E-state index is -0.550. The van der Waals surface area contributed by atoms with Crippen LogP contribution in [-0.2, 0) is 30.7 Å². The highest BCUT2D eigenvalue weighted by Gasteiger charge is 2.41. The maximum atomic E-state index is 13.9. The van der Waals surface area contributed by atoms with Gasteiger partial charge in [-0.25, -0.2) is 4.68 Å². The molecule has 1 aliphatic heterocycles. The van der Waals surface area contributed by atoms with Crippen molar-refractivity contribution in [2.24, 2.45) is 0 Å². The molecule has 4 aromatic carbocycles. The summed E-state index contributed by atoms with van der Waals surface area (Å²) in [6.07, 6.45) is 1.16. The van der Waals surface area contributed by atoms with Crippen LogP contribution in [0.2, 0.25) is 0 Å². The Kier molecular flexibility index (Phi) is 7.73. The third-order valence-electron chi connectivity index (χ3n) is 7.51. The van der Waals surface area contributed by atoms with Crippen LogP contribution in [-0.4, -0.2) is 37.1 Å². The fraction of sp³-hybridized carbons (Fsp3) is 0.212. The zero-order valence-electron chi connectivity index (χ0n) is 22.3. The molecule has 6 rings (SSSR count). The lowest BCUT2D eigenvalue weighted by Gasteiger charge is -2.35. The van der Waals surface area contributed by atoms with E-state index in [0.717, 1.165) is 11.1 Å². The van der Waals surface area contributed by atoms with Crippen molar-refractivity contribution in [3.63, 3.8) is 0 Å². The molecule has 1 N–H and O–H groups in total. The van der Waals surface area contributed by atoms with E-state index in [1.807, 2.05) is 60.7 Å². The van der Waals surface area contributed by atoms with Crippen molar-refractivity contribution in [2.45, 2.75) is 44.1 Å². The molecule has 7 heteroatoms. The molecule has 3 atom stereocenters. The van der Waals surface area contributed by atoms with Crippen molar-refractivity contribution in [2.75, 3.05) is 0 Å². The van der Waals surface area contributed by atoms with Crippen molar-refractivity contribution in [1.82, 2.24) is 30.4 Å². The number of carbonyl (C=O) groups excluding carboxylic acids is 1. The smallest absolute Gasteiger partial charge is 0.245 e. The number of rotatable bonds is 9. The van der Waals surface area contributed by atoms with Crippen LogP contribution in [0.5, 0.6) is 0 Å². The average molecular weight is 529 g/mol. The first-order valence-electron chi connectivity index (χ1n) is 13.7. The molecule has 1 amide bonds. The van der Waals surface area contributed by atoms with E-state index in [9.17, 15) is 4.79 Å². The Morgan fingerprint density at radius 1 is 0.650 bits per heavy atom. The molecule has 0 aliphatic carbocycles. The van der Waals surface area contributed by atoms with Crippen molar-refractivity contribution in [3.05, 3.63) is 149 Å². The van der Waals surface area contributed by atoms with E-state index in [4.69, 9.17) is 0 Å². The molecule has 200 valence electrons. The number of nitrogens with one attached hydrogen (secondary N) is 1. The van der Waals surface area contributed by atoms with Gasteiger partial charge in [0.25, 0.3) is 0 Å². The molecule has 0 radical (unpaired) electrons. The zero-order valence-corrected chi connectivity index (χ0v) is 22.3. The Morgan fingerprint density at radius 2 is 1.12 bits per heavy atom. The molecular weight excluding hydrogens is 496 g/mol. The SMILES string of the molecule is O=C1N[C@@H](Cc2ccccc2)C(N(Cc2ccccc2)Cc2ccccc2)c2nnnn2C1Cc1ccccc1. The molecule has 0 bridgehead atoms. The van der Waals surface area contributed by atoms with Crippen LogP contribution in [0.1, 0.15) is 40.2 Å². The summed E-state index contributed by atoms with van der Waals surface area (Å²) in [7, 11) is 0. The number of aromatic nitrogens is 4. The first kappa shape index (κ1) is 25.6. The fourth-order valence-electron chi connectivity index (χ4n) is 5.62. The summed E-state index contributed by atoms with van der Waals surface area (Å²) in [5.41, 5.74) is 4.59. The van der Waals surface area contributed by atoms with Gasteiger partial charge in [-0.3, -0.25) is 9.69 Å². The van der Waals surface area contributed by atoms with Gasteiger partial charge in [0, 0.05) is 19.5 Å². The molecule has 1 aliphatic rings. The van der Waals surface area contributed by atoms with Crippen LogP contribution in [0.15, 0.2) is 121 Å². The van der Waals surface area contributed by atoms with Crippen LogP contribution in [0.4, 0.5) is 0 Å². The highest BCUT2D eigenvalue weighted by Crippen LogP contribution is 2.33. The Labute approximate surface area is 234 Å². The quantitative estimate of drug-likeness (QED) is 0.293. The predicted molar refractivity (Wildman–Crippen MR) is 154 cm³/mol. The molecule has 0 saturated heterocycles. The van der Waals surface area contributed by atoms with Crippen molar-refractivity contribution >= 4 is 5.91 Å². The largest absolute Gasteiger partial charge is 0.349 e. The minimum absolute atomic E-state index is 0.0693. The molecular formula is C33H32N6O. The summed E-state index contributed by atoms with van der Waals surface area (Å²) in [5.74, 6) is 0.632. The van der Waals surface area contributed by atoms with Gasteiger partial charge >= 0.3 is 0 Å². The van der Waals surface area contributed by atoms with Crippen molar-refractivity contribution in [3.8, 4) is 0 Å². The number of hydrogen-bond acceptors (Lipinski definition) is 5. The van der Waals surface area contributed by atoms with Gasteiger partial charge in [0.1, 0.15) is 6.04 Å². The lowest BCUT2D eigenvalue weighted by atomic mass is 9.96. The molecule has 7 nitrogen and oxygen atoms in total. The predicted octanol–water partition coefficient (Wildman–Crippen LogP) is 4.94.